The molecule has 0 bridgehead atoms. The summed E-state index contributed by atoms with van der Waals surface area (Å²) in [5, 5.41) is 3.32. The summed E-state index contributed by atoms with van der Waals surface area (Å²) >= 11 is 0. The van der Waals surface area contributed by atoms with Crippen molar-refractivity contribution in [2.45, 2.75) is 18.8 Å². The number of nitrogens with one attached hydrogen (secondary N) is 2. The molecule has 0 saturated carbocycles. The lowest BCUT2D eigenvalue weighted by atomic mass is 9.99. The highest BCUT2D eigenvalue weighted by molar-refractivity contribution is 5.85. The van der Waals surface area contributed by atoms with Crippen LogP contribution in [-0.2, 0) is 14.1 Å². The van der Waals surface area contributed by atoms with Gasteiger partial charge >= 0.3 is 5.69 Å². The molecule has 1 saturated heterocycles. The molecule has 0 aromatic carbocycles. The van der Waals surface area contributed by atoms with Crippen LogP contribution in [0, 0.1) is 0 Å². The average Bonchev–Trinajstić information content (AvgIpc) is 2.89. The topological polar surface area (TPSA) is 84.7 Å². The highest BCUT2D eigenvalue weighted by Crippen LogP contribution is 2.21. The Labute approximate surface area is 121 Å². The third-order valence-electron chi connectivity index (χ3n) is 3.80. The molecule has 2 aromatic rings. The fraction of sp³-hybridized carbons (Fsp3) is 0.583. The Morgan fingerprint density at radius 3 is 2.65 bits per heavy atom. The number of aryl methyl sites for hydroxylation is 1. The van der Waals surface area contributed by atoms with Gasteiger partial charge in [0.2, 0.25) is 0 Å². The molecule has 3 rings (SSSR count). The zero-order valence-electron chi connectivity index (χ0n) is 11.5. The summed E-state index contributed by atoms with van der Waals surface area (Å²) in [7, 11) is 3.11. The van der Waals surface area contributed by atoms with E-state index >= 15 is 0 Å². The average molecular weight is 300 g/mol. The van der Waals surface area contributed by atoms with Crippen molar-refractivity contribution in [3.63, 3.8) is 0 Å². The second-order valence-corrected chi connectivity index (χ2v) is 5.07. The minimum Gasteiger partial charge on any atom is -0.336 e. The number of piperidine rings is 1. The van der Waals surface area contributed by atoms with E-state index in [1.54, 1.807) is 7.05 Å². The van der Waals surface area contributed by atoms with E-state index in [1.165, 1.54) is 11.6 Å². The lowest BCUT2D eigenvalue weighted by molar-refractivity contribution is 0.449. The van der Waals surface area contributed by atoms with Crippen LogP contribution in [-0.4, -0.2) is 32.2 Å². The quantitative estimate of drug-likeness (QED) is 0.767. The van der Waals surface area contributed by atoms with Gasteiger partial charge in [-0.3, -0.25) is 13.9 Å². The largest absolute Gasteiger partial charge is 0.336 e. The standard InChI is InChI=1S/C12H17N5O2.ClH/c1-16-10-8(11(18)17(2)12(16)19)14-9(15-10)7-4-3-5-13-6-7;/h7,13H,3-6H2,1-2H3,(H,14,15);1H. The Morgan fingerprint density at radius 1 is 1.25 bits per heavy atom. The predicted molar refractivity (Wildman–Crippen MR) is 78.7 cm³/mol. The second-order valence-electron chi connectivity index (χ2n) is 5.07. The molecule has 0 spiro atoms. The molecule has 8 heteroatoms. The molecule has 1 fully saturated rings. The van der Waals surface area contributed by atoms with Gasteiger partial charge in [0, 0.05) is 26.6 Å². The summed E-state index contributed by atoms with van der Waals surface area (Å²) in [6.07, 6.45) is 2.14. The van der Waals surface area contributed by atoms with Crippen molar-refractivity contribution in [1.82, 2.24) is 24.4 Å². The van der Waals surface area contributed by atoms with E-state index in [9.17, 15) is 9.59 Å². The van der Waals surface area contributed by atoms with Crippen molar-refractivity contribution in [1.29, 1.82) is 0 Å². The van der Waals surface area contributed by atoms with Gasteiger partial charge < -0.3 is 10.3 Å². The molecule has 3 heterocycles. The summed E-state index contributed by atoms with van der Waals surface area (Å²) in [6.45, 7) is 1.88. The van der Waals surface area contributed by atoms with Gasteiger partial charge in [0.1, 0.15) is 11.3 Å². The predicted octanol–water partition coefficient (Wildman–Crippen LogP) is -0.151. The van der Waals surface area contributed by atoms with E-state index in [0.717, 1.165) is 36.3 Å². The van der Waals surface area contributed by atoms with Crippen LogP contribution in [0.2, 0.25) is 0 Å². The van der Waals surface area contributed by atoms with Crippen LogP contribution in [0.25, 0.3) is 11.2 Å². The minimum absolute atomic E-state index is 0. The highest BCUT2D eigenvalue weighted by atomic mass is 35.5. The molecular weight excluding hydrogens is 282 g/mol. The maximum absolute atomic E-state index is 12.1. The second kappa shape index (κ2) is 5.41. The van der Waals surface area contributed by atoms with E-state index in [1.807, 2.05) is 0 Å². The number of imidazole rings is 1. The van der Waals surface area contributed by atoms with Crippen molar-refractivity contribution in [2.75, 3.05) is 13.1 Å². The minimum atomic E-state index is -0.350. The Kier molecular flexibility index (Phi) is 4.01. The number of nitrogens with zero attached hydrogens (tertiary/aromatic N) is 3. The molecule has 2 N–H and O–H groups in total. The first-order chi connectivity index (χ1) is 9.09. The van der Waals surface area contributed by atoms with Gasteiger partial charge in [0.05, 0.1) is 0 Å². The molecule has 20 heavy (non-hydrogen) atoms. The number of H-pyrrole nitrogens is 1. The van der Waals surface area contributed by atoms with Crippen LogP contribution in [0.1, 0.15) is 24.6 Å². The van der Waals surface area contributed by atoms with Crippen LogP contribution < -0.4 is 16.6 Å². The molecule has 110 valence electrons. The van der Waals surface area contributed by atoms with Crippen LogP contribution in [0.15, 0.2) is 9.59 Å². The van der Waals surface area contributed by atoms with Gasteiger partial charge in [-0.25, -0.2) is 9.78 Å². The van der Waals surface area contributed by atoms with Gasteiger partial charge in [-0.15, -0.1) is 12.4 Å². The van der Waals surface area contributed by atoms with E-state index in [0.29, 0.717) is 11.2 Å². The van der Waals surface area contributed by atoms with E-state index in [-0.39, 0.29) is 29.6 Å². The van der Waals surface area contributed by atoms with Crippen LogP contribution >= 0.6 is 12.4 Å². The van der Waals surface area contributed by atoms with Gasteiger partial charge in [0.15, 0.2) is 5.65 Å². The SMILES string of the molecule is Cl.Cn1c(=O)c2[nH]c(C3CCCNC3)nc2n(C)c1=O. The van der Waals surface area contributed by atoms with E-state index in [2.05, 4.69) is 15.3 Å². The fourth-order valence-electron chi connectivity index (χ4n) is 2.62. The van der Waals surface area contributed by atoms with Gasteiger partial charge in [-0.05, 0) is 19.4 Å². The van der Waals surface area contributed by atoms with Gasteiger partial charge in [-0.2, -0.15) is 0 Å². The molecule has 2 aromatic heterocycles. The summed E-state index contributed by atoms with van der Waals surface area (Å²) in [5.41, 5.74) is 0.178. The molecule has 1 atom stereocenters. The normalized spacial score (nSPS) is 19.0. The maximum atomic E-state index is 12.1. The first-order valence-electron chi connectivity index (χ1n) is 6.46. The van der Waals surface area contributed by atoms with Crippen LogP contribution in [0.3, 0.4) is 0 Å². The monoisotopic (exact) mass is 299 g/mol. The molecule has 1 aliphatic rings. The van der Waals surface area contributed by atoms with Gasteiger partial charge in [-0.1, -0.05) is 0 Å². The van der Waals surface area contributed by atoms with Crippen molar-refractivity contribution < 1.29 is 0 Å². The van der Waals surface area contributed by atoms with Crippen LogP contribution in [0.4, 0.5) is 0 Å². The third kappa shape index (κ3) is 2.16. The molecule has 1 aliphatic heterocycles. The lowest BCUT2D eigenvalue weighted by Gasteiger charge is -2.20. The van der Waals surface area contributed by atoms with Crippen molar-refractivity contribution in [3.8, 4) is 0 Å². The summed E-state index contributed by atoms with van der Waals surface area (Å²) in [5.74, 6) is 1.07. The van der Waals surface area contributed by atoms with Crippen LogP contribution in [0.5, 0.6) is 0 Å². The summed E-state index contributed by atoms with van der Waals surface area (Å²) in [4.78, 5) is 31.5. The first-order valence-corrected chi connectivity index (χ1v) is 6.46. The zero-order valence-corrected chi connectivity index (χ0v) is 12.3. The van der Waals surface area contributed by atoms with Crippen molar-refractivity contribution in [3.05, 3.63) is 26.7 Å². The molecule has 0 radical (unpaired) electrons. The summed E-state index contributed by atoms with van der Waals surface area (Å²) in [6, 6.07) is 0. The maximum Gasteiger partial charge on any atom is 0.332 e. The Morgan fingerprint density at radius 2 is 2.00 bits per heavy atom. The summed E-state index contributed by atoms with van der Waals surface area (Å²) < 4.78 is 2.51. The fourth-order valence-corrected chi connectivity index (χ4v) is 2.62. The Bertz CT molecular complexity index is 739. The number of hydrogen-bond acceptors (Lipinski definition) is 4. The zero-order chi connectivity index (χ0) is 13.6. The number of rotatable bonds is 1. The molecule has 7 nitrogen and oxygen atoms in total. The van der Waals surface area contributed by atoms with Gasteiger partial charge in [0.25, 0.3) is 5.56 Å². The number of aromatic nitrogens is 4. The van der Waals surface area contributed by atoms with E-state index in [4.69, 9.17) is 0 Å². The number of aromatic amines is 1. The number of hydrogen-bond donors (Lipinski definition) is 2. The molecular formula is C12H18ClN5O2. The Hall–Kier alpha value is -1.60. The van der Waals surface area contributed by atoms with E-state index < -0.39 is 0 Å². The lowest BCUT2D eigenvalue weighted by Crippen LogP contribution is -2.36. The third-order valence-corrected chi connectivity index (χ3v) is 3.80. The molecule has 1 unspecified atom stereocenters. The van der Waals surface area contributed by atoms with Crippen molar-refractivity contribution >= 4 is 23.6 Å². The number of halogens is 1. The highest BCUT2D eigenvalue weighted by Gasteiger charge is 2.21. The molecule has 0 aliphatic carbocycles. The Balaban J connectivity index is 0.00000147. The first kappa shape index (κ1) is 14.8. The smallest absolute Gasteiger partial charge is 0.332 e. The van der Waals surface area contributed by atoms with Crippen molar-refractivity contribution in [2.24, 2.45) is 14.1 Å². The molecule has 0 amide bonds. The number of fused-ring (bicyclic) bond motifs is 1.